The van der Waals surface area contributed by atoms with Gasteiger partial charge in [0.25, 0.3) is 0 Å². The fourth-order valence-electron chi connectivity index (χ4n) is 3.72. The van der Waals surface area contributed by atoms with E-state index in [9.17, 15) is 14.7 Å². The predicted molar refractivity (Wildman–Crippen MR) is 71.7 cm³/mol. The van der Waals surface area contributed by atoms with Crippen LogP contribution in [0.1, 0.15) is 23.6 Å². The van der Waals surface area contributed by atoms with E-state index in [2.05, 4.69) is 0 Å². The third-order valence-corrected chi connectivity index (χ3v) is 5.37. The maximum Gasteiger partial charge on any atom is 0.307 e. The van der Waals surface area contributed by atoms with Gasteiger partial charge in [-0.2, -0.15) is 0 Å². The van der Waals surface area contributed by atoms with Crippen LogP contribution >= 0.6 is 11.3 Å². The molecule has 0 aromatic carbocycles. The predicted octanol–water partition coefficient (Wildman–Crippen LogP) is 1.98. The van der Waals surface area contributed by atoms with Gasteiger partial charge in [0.05, 0.1) is 11.8 Å². The number of aliphatic carboxylic acids is 1. The molecule has 0 radical (unpaired) electrons. The number of thiophene rings is 1. The first-order chi connectivity index (χ1) is 9.04. The summed E-state index contributed by atoms with van der Waals surface area (Å²) in [5, 5.41) is 11.3. The van der Waals surface area contributed by atoms with Gasteiger partial charge >= 0.3 is 5.97 Å². The van der Waals surface area contributed by atoms with Crippen LogP contribution in [-0.2, 0) is 9.59 Å². The monoisotopic (exact) mass is 277 g/mol. The van der Waals surface area contributed by atoms with Crippen LogP contribution in [0.5, 0.6) is 0 Å². The first kappa shape index (κ1) is 12.4. The molecule has 1 aromatic rings. The molecule has 1 fully saturated rings. The highest BCUT2D eigenvalue weighted by Crippen LogP contribution is 2.60. The van der Waals surface area contributed by atoms with Crippen molar-refractivity contribution in [1.29, 1.82) is 0 Å². The Kier molecular flexibility index (Phi) is 2.74. The first-order valence-electron chi connectivity index (χ1n) is 6.29. The number of hydrogen-bond donors (Lipinski definition) is 2. The Morgan fingerprint density at radius 1 is 1.53 bits per heavy atom. The van der Waals surface area contributed by atoms with Gasteiger partial charge in [0, 0.05) is 10.3 Å². The summed E-state index contributed by atoms with van der Waals surface area (Å²) in [5.74, 6) is -2.03. The number of amides is 1. The number of rotatable bonds is 4. The van der Waals surface area contributed by atoms with Crippen molar-refractivity contribution in [3.63, 3.8) is 0 Å². The Hall–Kier alpha value is -1.62. The van der Waals surface area contributed by atoms with Crippen LogP contribution in [0.3, 0.4) is 0 Å². The molecule has 3 rings (SSSR count). The zero-order valence-electron chi connectivity index (χ0n) is 10.3. The minimum atomic E-state index is -0.824. The zero-order chi connectivity index (χ0) is 13.6. The second-order valence-corrected chi connectivity index (χ2v) is 6.39. The van der Waals surface area contributed by atoms with Crippen molar-refractivity contribution in [3.8, 4) is 0 Å². The van der Waals surface area contributed by atoms with Crippen LogP contribution in [0.2, 0.25) is 0 Å². The smallest absolute Gasteiger partial charge is 0.307 e. The van der Waals surface area contributed by atoms with Crippen LogP contribution in [-0.4, -0.2) is 17.0 Å². The van der Waals surface area contributed by atoms with Crippen molar-refractivity contribution >= 4 is 23.2 Å². The molecule has 0 spiro atoms. The largest absolute Gasteiger partial charge is 0.481 e. The summed E-state index contributed by atoms with van der Waals surface area (Å²) in [7, 11) is 0. The highest BCUT2D eigenvalue weighted by molar-refractivity contribution is 7.10. The number of carbonyl (C=O) groups is 2. The fraction of sp³-hybridized carbons (Fsp3) is 0.429. The lowest BCUT2D eigenvalue weighted by Crippen LogP contribution is -2.41. The Labute approximate surface area is 114 Å². The zero-order valence-corrected chi connectivity index (χ0v) is 11.1. The molecule has 3 N–H and O–H groups in total. The van der Waals surface area contributed by atoms with Crippen LogP contribution in [0, 0.1) is 17.3 Å². The number of allylic oxidation sites excluding steroid dienone is 2. The Morgan fingerprint density at radius 3 is 2.84 bits per heavy atom. The van der Waals surface area contributed by atoms with E-state index in [0.717, 1.165) is 11.3 Å². The molecular weight excluding hydrogens is 262 g/mol. The lowest BCUT2D eigenvalue weighted by atomic mass is 9.67. The molecule has 100 valence electrons. The maximum atomic E-state index is 11.9. The summed E-state index contributed by atoms with van der Waals surface area (Å²) < 4.78 is 0. The summed E-state index contributed by atoms with van der Waals surface area (Å²) in [6.45, 7) is 0. The van der Waals surface area contributed by atoms with E-state index >= 15 is 0 Å². The Bertz CT molecular complexity index is 551. The van der Waals surface area contributed by atoms with Gasteiger partial charge in [-0.3, -0.25) is 9.59 Å². The van der Waals surface area contributed by atoms with Crippen LogP contribution in [0.4, 0.5) is 0 Å². The molecular formula is C14H15NO3S. The third-order valence-electron chi connectivity index (χ3n) is 4.43. The van der Waals surface area contributed by atoms with E-state index in [4.69, 9.17) is 5.73 Å². The molecule has 5 heteroatoms. The summed E-state index contributed by atoms with van der Waals surface area (Å²) in [6, 6.07) is 3.74. The van der Waals surface area contributed by atoms with Crippen molar-refractivity contribution in [2.24, 2.45) is 23.0 Å². The topological polar surface area (TPSA) is 80.4 Å². The van der Waals surface area contributed by atoms with Crippen LogP contribution < -0.4 is 5.73 Å². The lowest BCUT2D eigenvalue weighted by molar-refractivity contribution is -0.145. The van der Waals surface area contributed by atoms with Gasteiger partial charge in [-0.15, -0.1) is 11.3 Å². The van der Waals surface area contributed by atoms with E-state index in [0.29, 0.717) is 6.42 Å². The minimum absolute atomic E-state index is 0.267. The van der Waals surface area contributed by atoms with E-state index in [1.54, 1.807) is 0 Å². The molecule has 19 heavy (non-hydrogen) atoms. The average molecular weight is 277 g/mol. The minimum Gasteiger partial charge on any atom is -0.481 e. The van der Waals surface area contributed by atoms with Gasteiger partial charge in [0.1, 0.15) is 0 Å². The van der Waals surface area contributed by atoms with Gasteiger partial charge in [0.2, 0.25) is 5.91 Å². The second kappa shape index (κ2) is 4.20. The number of carboxylic acid groups (broad SMARTS) is 1. The fourth-order valence-corrected chi connectivity index (χ4v) is 4.66. The van der Waals surface area contributed by atoms with E-state index < -0.39 is 29.1 Å². The number of primary amides is 1. The van der Waals surface area contributed by atoms with Gasteiger partial charge in [-0.25, -0.2) is 0 Å². The summed E-state index contributed by atoms with van der Waals surface area (Å²) in [6.07, 6.45) is 5.30. The standard InChI is InChI=1S/C14H15NO3S/c15-12(16)11(10-2-1-5-19-10)14-4-3-8(7-14)6-9(14)13(17)18/h1-5,8-9,11H,6-7H2,(H2,15,16)(H,17,18). The van der Waals surface area contributed by atoms with Gasteiger partial charge in [-0.05, 0) is 30.2 Å². The molecule has 2 aliphatic carbocycles. The molecule has 1 amide bonds. The molecule has 4 nitrogen and oxygen atoms in total. The normalized spacial score (nSPS) is 33.5. The van der Waals surface area contributed by atoms with E-state index in [1.165, 1.54) is 11.3 Å². The highest BCUT2D eigenvalue weighted by Gasteiger charge is 2.58. The van der Waals surface area contributed by atoms with Crippen molar-refractivity contribution in [2.45, 2.75) is 18.8 Å². The average Bonchev–Trinajstić information content (AvgIpc) is 3.02. The summed E-state index contributed by atoms with van der Waals surface area (Å²) in [5.41, 5.74) is 4.96. The molecule has 1 saturated carbocycles. The molecule has 0 saturated heterocycles. The van der Waals surface area contributed by atoms with Crippen molar-refractivity contribution in [2.75, 3.05) is 0 Å². The van der Waals surface area contributed by atoms with Gasteiger partial charge < -0.3 is 10.8 Å². The lowest BCUT2D eigenvalue weighted by Gasteiger charge is -2.35. The number of nitrogens with two attached hydrogens (primary N) is 1. The second-order valence-electron chi connectivity index (χ2n) is 5.41. The molecule has 1 aromatic heterocycles. The van der Waals surface area contributed by atoms with Crippen LogP contribution in [0.15, 0.2) is 29.7 Å². The quantitative estimate of drug-likeness (QED) is 0.826. The van der Waals surface area contributed by atoms with Crippen LogP contribution in [0.25, 0.3) is 0 Å². The molecule has 0 aliphatic heterocycles. The van der Waals surface area contributed by atoms with Crippen molar-refractivity contribution in [1.82, 2.24) is 0 Å². The van der Waals surface area contributed by atoms with Crippen molar-refractivity contribution < 1.29 is 14.7 Å². The number of hydrogen-bond acceptors (Lipinski definition) is 3. The molecule has 2 aliphatic rings. The number of carboxylic acids is 1. The summed E-state index contributed by atoms with van der Waals surface area (Å²) >= 11 is 1.46. The number of fused-ring (bicyclic) bond motifs is 2. The molecule has 4 unspecified atom stereocenters. The van der Waals surface area contributed by atoms with Crippen molar-refractivity contribution in [3.05, 3.63) is 34.5 Å². The highest BCUT2D eigenvalue weighted by atomic mass is 32.1. The van der Waals surface area contributed by atoms with Gasteiger partial charge in [-0.1, -0.05) is 18.2 Å². The van der Waals surface area contributed by atoms with E-state index in [-0.39, 0.29) is 5.92 Å². The molecule has 1 heterocycles. The summed E-state index contributed by atoms with van der Waals surface area (Å²) in [4.78, 5) is 24.3. The maximum absolute atomic E-state index is 11.9. The molecule has 4 atom stereocenters. The first-order valence-corrected chi connectivity index (χ1v) is 7.17. The Morgan fingerprint density at radius 2 is 2.32 bits per heavy atom. The molecule has 2 bridgehead atoms. The number of carbonyl (C=O) groups excluding carboxylic acids is 1. The van der Waals surface area contributed by atoms with E-state index in [1.807, 2.05) is 29.7 Å². The SMILES string of the molecule is NC(=O)C(c1cccs1)C12C=CC(CC1C(=O)O)C2. The Balaban J connectivity index is 2.08. The third kappa shape index (κ3) is 1.72. The van der Waals surface area contributed by atoms with Gasteiger partial charge in [0.15, 0.2) is 0 Å².